The van der Waals surface area contributed by atoms with Gasteiger partial charge in [-0.3, -0.25) is 9.59 Å². The summed E-state index contributed by atoms with van der Waals surface area (Å²) in [6, 6.07) is 9.60. The maximum atomic E-state index is 11.4. The van der Waals surface area contributed by atoms with Crippen LogP contribution in [-0.2, 0) is 0 Å². The van der Waals surface area contributed by atoms with Gasteiger partial charge in [0.2, 0.25) is 11.8 Å². The van der Waals surface area contributed by atoms with Crippen LogP contribution < -0.4 is 10.5 Å². The van der Waals surface area contributed by atoms with Gasteiger partial charge in [-0.15, -0.1) is 0 Å². The van der Waals surface area contributed by atoms with Crippen LogP contribution in [0.15, 0.2) is 42.6 Å². The van der Waals surface area contributed by atoms with Crippen molar-refractivity contribution in [2.75, 3.05) is 0 Å². The predicted molar refractivity (Wildman–Crippen MR) is 69.3 cm³/mol. The van der Waals surface area contributed by atoms with Gasteiger partial charge in [0, 0.05) is 11.8 Å². The number of nitrogens with two attached hydrogens (primary N) is 1. The highest BCUT2D eigenvalue weighted by Gasteiger charge is 2.10. The van der Waals surface area contributed by atoms with Crippen molar-refractivity contribution in [3.63, 3.8) is 0 Å². The number of ether oxygens (including phenoxy) is 1. The van der Waals surface area contributed by atoms with Crippen LogP contribution in [0.25, 0.3) is 0 Å². The Labute approximate surface area is 110 Å². The zero-order valence-electron chi connectivity index (χ0n) is 10.3. The molecule has 0 aliphatic carbocycles. The van der Waals surface area contributed by atoms with Crippen LogP contribution in [0.2, 0.25) is 0 Å². The zero-order chi connectivity index (χ0) is 13.8. The smallest absolute Gasteiger partial charge is 0.248 e. The van der Waals surface area contributed by atoms with E-state index in [1.54, 1.807) is 42.6 Å². The molecule has 0 bridgehead atoms. The number of carbonyl (C=O) groups excluding carboxylic acids is 2. The summed E-state index contributed by atoms with van der Waals surface area (Å²) < 4.78 is 5.52. The van der Waals surface area contributed by atoms with Gasteiger partial charge in [0.05, 0.1) is 5.56 Å². The van der Waals surface area contributed by atoms with Crippen LogP contribution in [0.1, 0.15) is 27.6 Å². The van der Waals surface area contributed by atoms with E-state index in [9.17, 15) is 9.59 Å². The molecule has 0 saturated carbocycles. The molecule has 1 aromatic heterocycles. The highest BCUT2D eigenvalue weighted by molar-refractivity contribution is 5.96. The number of carbonyl (C=O) groups is 2. The second-order valence-corrected chi connectivity index (χ2v) is 3.90. The summed E-state index contributed by atoms with van der Waals surface area (Å²) in [7, 11) is 0. The number of nitrogens with zero attached hydrogens (tertiary/aromatic N) is 1. The third kappa shape index (κ3) is 2.95. The first-order valence-corrected chi connectivity index (χ1v) is 5.61. The van der Waals surface area contributed by atoms with Crippen molar-refractivity contribution < 1.29 is 14.3 Å². The molecule has 0 aliphatic rings. The number of hydrogen-bond acceptors (Lipinski definition) is 4. The Morgan fingerprint density at radius 3 is 2.42 bits per heavy atom. The van der Waals surface area contributed by atoms with Crippen LogP contribution >= 0.6 is 0 Å². The molecule has 0 radical (unpaired) electrons. The molecule has 2 rings (SSSR count). The van der Waals surface area contributed by atoms with E-state index in [1.165, 1.54) is 6.92 Å². The second-order valence-electron chi connectivity index (χ2n) is 3.90. The van der Waals surface area contributed by atoms with E-state index in [4.69, 9.17) is 10.5 Å². The highest BCUT2D eigenvalue weighted by atomic mass is 16.5. The molecule has 0 saturated heterocycles. The largest absolute Gasteiger partial charge is 0.438 e. The monoisotopic (exact) mass is 256 g/mol. The Hall–Kier alpha value is -2.69. The molecule has 0 fully saturated rings. The van der Waals surface area contributed by atoms with Crippen LogP contribution in [0, 0.1) is 0 Å². The first-order chi connectivity index (χ1) is 9.08. The Bertz CT molecular complexity index is 621. The molecule has 2 aromatic rings. The van der Waals surface area contributed by atoms with Crippen molar-refractivity contribution in [1.29, 1.82) is 0 Å². The standard InChI is InChI=1S/C14H12N2O3/c1-9(17)12-3-2-8-16-14(12)19-11-6-4-10(5-7-11)13(15)18/h2-8H,1H3,(H2,15,18). The fraction of sp³-hybridized carbons (Fsp3) is 0.0714. The molecule has 19 heavy (non-hydrogen) atoms. The van der Waals surface area contributed by atoms with E-state index in [-0.39, 0.29) is 11.7 Å². The normalized spacial score (nSPS) is 9.95. The minimum absolute atomic E-state index is 0.128. The van der Waals surface area contributed by atoms with E-state index in [0.717, 1.165) is 0 Å². The number of ketones is 1. The first kappa shape index (κ1) is 12.8. The van der Waals surface area contributed by atoms with Crippen molar-refractivity contribution in [2.45, 2.75) is 6.92 Å². The molecule has 0 unspecified atom stereocenters. The van der Waals surface area contributed by atoms with Gasteiger partial charge in [-0.25, -0.2) is 4.98 Å². The minimum Gasteiger partial charge on any atom is -0.438 e. The molecule has 1 aromatic carbocycles. The molecular formula is C14H12N2O3. The number of pyridine rings is 1. The average molecular weight is 256 g/mol. The first-order valence-electron chi connectivity index (χ1n) is 5.61. The zero-order valence-corrected chi connectivity index (χ0v) is 10.3. The van der Waals surface area contributed by atoms with Gasteiger partial charge in [-0.05, 0) is 43.3 Å². The van der Waals surface area contributed by atoms with Crippen LogP contribution in [0.4, 0.5) is 0 Å². The number of benzene rings is 1. The summed E-state index contributed by atoms with van der Waals surface area (Å²) >= 11 is 0. The second kappa shape index (κ2) is 5.30. The summed E-state index contributed by atoms with van der Waals surface area (Å²) in [6.45, 7) is 1.44. The highest BCUT2D eigenvalue weighted by Crippen LogP contribution is 2.23. The summed E-state index contributed by atoms with van der Waals surface area (Å²) in [6.07, 6.45) is 1.54. The number of hydrogen-bond donors (Lipinski definition) is 1. The lowest BCUT2D eigenvalue weighted by Crippen LogP contribution is -2.10. The molecule has 5 heteroatoms. The van der Waals surface area contributed by atoms with E-state index in [0.29, 0.717) is 16.9 Å². The minimum atomic E-state index is -0.506. The Morgan fingerprint density at radius 1 is 1.16 bits per heavy atom. The topological polar surface area (TPSA) is 82.3 Å². The van der Waals surface area contributed by atoms with Crippen molar-refractivity contribution in [2.24, 2.45) is 5.73 Å². The van der Waals surface area contributed by atoms with Crippen molar-refractivity contribution >= 4 is 11.7 Å². The van der Waals surface area contributed by atoms with Crippen molar-refractivity contribution in [3.8, 4) is 11.6 Å². The van der Waals surface area contributed by atoms with Crippen LogP contribution in [0.5, 0.6) is 11.6 Å². The van der Waals surface area contributed by atoms with Gasteiger partial charge in [-0.1, -0.05) is 0 Å². The van der Waals surface area contributed by atoms with Gasteiger partial charge in [0.25, 0.3) is 0 Å². The Balaban J connectivity index is 2.26. The van der Waals surface area contributed by atoms with Crippen molar-refractivity contribution in [3.05, 3.63) is 53.7 Å². The summed E-state index contributed by atoms with van der Waals surface area (Å²) in [5.41, 5.74) is 5.94. The molecular weight excluding hydrogens is 244 g/mol. The summed E-state index contributed by atoms with van der Waals surface area (Å²) in [4.78, 5) is 26.4. The fourth-order valence-corrected chi connectivity index (χ4v) is 1.54. The number of rotatable bonds is 4. The van der Waals surface area contributed by atoms with E-state index in [1.807, 2.05) is 0 Å². The van der Waals surface area contributed by atoms with E-state index < -0.39 is 5.91 Å². The molecule has 1 heterocycles. The predicted octanol–water partition coefficient (Wildman–Crippen LogP) is 2.18. The van der Waals surface area contributed by atoms with Crippen LogP contribution in [-0.4, -0.2) is 16.7 Å². The number of aromatic nitrogens is 1. The number of amides is 1. The third-order valence-corrected chi connectivity index (χ3v) is 2.50. The SMILES string of the molecule is CC(=O)c1cccnc1Oc1ccc(C(N)=O)cc1. The Morgan fingerprint density at radius 2 is 1.84 bits per heavy atom. The van der Waals surface area contributed by atoms with Crippen molar-refractivity contribution in [1.82, 2.24) is 4.98 Å². The lowest BCUT2D eigenvalue weighted by atomic mass is 10.2. The van der Waals surface area contributed by atoms with E-state index in [2.05, 4.69) is 4.98 Å². The Kier molecular flexibility index (Phi) is 3.56. The summed E-state index contributed by atoms with van der Waals surface area (Å²) in [5, 5.41) is 0. The molecule has 0 atom stereocenters. The molecule has 0 aliphatic heterocycles. The molecule has 2 N–H and O–H groups in total. The van der Waals surface area contributed by atoms with E-state index >= 15 is 0 Å². The lowest BCUT2D eigenvalue weighted by molar-refractivity contribution is 0.0996. The summed E-state index contributed by atoms with van der Waals surface area (Å²) in [5.74, 6) is 0.0821. The molecule has 96 valence electrons. The maximum Gasteiger partial charge on any atom is 0.248 e. The average Bonchev–Trinajstić information content (AvgIpc) is 2.39. The van der Waals surface area contributed by atoms with Gasteiger partial charge in [0.1, 0.15) is 5.75 Å². The number of primary amides is 1. The van der Waals surface area contributed by atoms with Gasteiger partial charge < -0.3 is 10.5 Å². The lowest BCUT2D eigenvalue weighted by Gasteiger charge is -2.07. The molecule has 5 nitrogen and oxygen atoms in total. The van der Waals surface area contributed by atoms with Gasteiger partial charge in [0.15, 0.2) is 5.78 Å². The van der Waals surface area contributed by atoms with Gasteiger partial charge >= 0.3 is 0 Å². The quantitative estimate of drug-likeness (QED) is 0.850. The molecule has 1 amide bonds. The third-order valence-electron chi connectivity index (χ3n) is 2.50. The fourth-order valence-electron chi connectivity index (χ4n) is 1.54. The maximum absolute atomic E-state index is 11.4. The molecule has 0 spiro atoms. The van der Waals surface area contributed by atoms with Crippen LogP contribution in [0.3, 0.4) is 0 Å². The van der Waals surface area contributed by atoms with Gasteiger partial charge in [-0.2, -0.15) is 0 Å². The number of Topliss-reactive ketones (excluding diaryl/α,β-unsaturated/α-hetero) is 1.